The van der Waals surface area contributed by atoms with E-state index >= 15 is 0 Å². The molecule has 2 N–H and O–H groups in total. The van der Waals surface area contributed by atoms with Crippen molar-refractivity contribution < 1.29 is 0 Å². The van der Waals surface area contributed by atoms with E-state index in [1.165, 1.54) is 19.3 Å². The van der Waals surface area contributed by atoms with E-state index in [2.05, 4.69) is 27.7 Å². The van der Waals surface area contributed by atoms with Crippen molar-refractivity contribution in [2.45, 2.75) is 52.5 Å². The van der Waals surface area contributed by atoms with Crippen LogP contribution in [0.15, 0.2) is 0 Å². The van der Waals surface area contributed by atoms with Crippen molar-refractivity contribution >= 4 is 0 Å². The SMILES string of the molecule is CC(C)(C)C(C)(N)C1CCC1. The van der Waals surface area contributed by atoms with Gasteiger partial charge >= 0.3 is 0 Å². The van der Waals surface area contributed by atoms with E-state index < -0.39 is 0 Å². The second kappa shape index (κ2) is 2.48. The third-order valence-corrected chi connectivity index (χ3v) is 3.57. The van der Waals surface area contributed by atoms with Gasteiger partial charge in [0.25, 0.3) is 0 Å². The molecule has 1 aliphatic carbocycles. The fraction of sp³-hybridized carbons (Fsp3) is 1.00. The molecule has 1 aliphatic rings. The van der Waals surface area contributed by atoms with Gasteiger partial charge in [-0.25, -0.2) is 0 Å². The van der Waals surface area contributed by atoms with E-state index in [1.54, 1.807) is 0 Å². The van der Waals surface area contributed by atoms with Crippen LogP contribution < -0.4 is 5.73 Å². The average molecular weight is 155 g/mol. The van der Waals surface area contributed by atoms with Crippen molar-refractivity contribution in [2.24, 2.45) is 17.1 Å². The van der Waals surface area contributed by atoms with E-state index in [-0.39, 0.29) is 11.0 Å². The van der Waals surface area contributed by atoms with Gasteiger partial charge in [-0.05, 0) is 31.1 Å². The normalized spacial score (nSPS) is 25.9. The van der Waals surface area contributed by atoms with Crippen LogP contribution in [0.2, 0.25) is 0 Å². The molecule has 0 saturated heterocycles. The van der Waals surface area contributed by atoms with Gasteiger partial charge in [-0.2, -0.15) is 0 Å². The molecule has 1 nitrogen and oxygen atoms in total. The van der Waals surface area contributed by atoms with Crippen molar-refractivity contribution in [3.05, 3.63) is 0 Å². The van der Waals surface area contributed by atoms with Crippen LogP contribution in [0.5, 0.6) is 0 Å². The Balaban J connectivity index is 2.64. The largest absolute Gasteiger partial charge is 0.325 e. The average Bonchev–Trinajstić information content (AvgIpc) is 1.53. The standard InChI is InChI=1S/C10H21N/c1-9(2,3)10(4,11)8-6-5-7-8/h8H,5-7,11H2,1-4H3. The highest BCUT2D eigenvalue weighted by molar-refractivity contribution is 4.99. The van der Waals surface area contributed by atoms with Gasteiger partial charge in [-0.1, -0.05) is 27.2 Å². The van der Waals surface area contributed by atoms with Crippen LogP contribution in [0.4, 0.5) is 0 Å². The monoisotopic (exact) mass is 155 g/mol. The quantitative estimate of drug-likeness (QED) is 0.618. The van der Waals surface area contributed by atoms with E-state index in [1.807, 2.05) is 0 Å². The third-order valence-electron chi connectivity index (χ3n) is 3.57. The van der Waals surface area contributed by atoms with Crippen LogP contribution in [0, 0.1) is 11.3 Å². The summed E-state index contributed by atoms with van der Waals surface area (Å²) in [6.07, 6.45) is 4.06. The van der Waals surface area contributed by atoms with Gasteiger partial charge in [0.05, 0.1) is 0 Å². The van der Waals surface area contributed by atoms with Crippen molar-refractivity contribution in [3.63, 3.8) is 0 Å². The fourth-order valence-electron chi connectivity index (χ4n) is 1.62. The van der Waals surface area contributed by atoms with E-state index in [9.17, 15) is 0 Å². The van der Waals surface area contributed by atoms with E-state index in [0.717, 1.165) is 5.92 Å². The molecule has 0 spiro atoms. The number of hydrogen-bond donors (Lipinski definition) is 1. The molecule has 0 aromatic heterocycles. The Morgan fingerprint density at radius 3 is 1.64 bits per heavy atom. The first-order chi connectivity index (χ1) is 4.86. The molecule has 0 aromatic carbocycles. The summed E-state index contributed by atoms with van der Waals surface area (Å²) in [5.74, 6) is 0.766. The third kappa shape index (κ3) is 1.44. The fourth-order valence-corrected chi connectivity index (χ4v) is 1.62. The molecule has 1 fully saturated rings. The summed E-state index contributed by atoms with van der Waals surface area (Å²) in [5, 5.41) is 0. The minimum absolute atomic E-state index is 0.0330. The molecular weight excluding hydrogens is 134 g/mol. The molecule has 11 heavy (non-hydrogen) atoms. The van der Waals surface area contributed by atoms with Gasteiger partial charge in [0.1, 0.15) is 0 Å². The first-order valence-electron chi connectivity index (χ1n) is 4.64. The van der Waals surface area contributed by atoms with Crippen LogP contribution in [-0.4, -0.2) is 5.54 Å². The Kier molecular flexibility index (Phi) is 2.04. The first-order valence-corrected chi connectivity index (χ1v) is 4.64. The minimum Gasteiger partial charge on any atom is -0.325 e. The molecular formula is C10H21N. The van der Waals surface area contributed by atoms with Gasteiger partial charge < -0.3 is 5.73 Å². The minimum atomic E-state index is 0.0330. The topological polar surface area (TPSA) is 26.0 Å². The zero-order chi connectivity index (χ0) is 8.70. The molecule has 1 rings (SSSR count). The van der Waals surface area contributed by atoms with Crippen molar-refractivity contribution in [1.29, 1.82) is 0 Å². The summed E-state index contributed by atoms with van der Waals surface area (Å²) in [6, 6.07) is 0. The molecule has 0 amide bonds. The van der Waals surface area contributed by atoms with Crippen LogP contribution in [0.25, 0.3) is 0 Å². The van der Waals surface area contributed by atoms with Crippen LogP contribution in [0.1, 0.15) is 47.0 Å². The van der Waals surface area contributed by atoms with Crippen LogP contribution in [0.3, 0.4) is 0 Å². The number of rotatable bonds is 1. The molecule has 0 bridgehead atoms. The first kappa shape index (κ1) is 9.05. The Morgan fingerprint density at radius 2 is 1.55 bits per heavy atom. The highest BCUT2D eigenvalue weighted by atomic mass is 14.8. The van der Waals surface area contributed by atoms with Crippen molar-refractivity contribution in [2.75, 3.05) is 0 Å². The summed E-state index contributed by atoms with van der Waals surface area (Å²) in [5.41, 5.74) is 6.58. The highest BCUT2D eigenvalue weighted by Crippen LogP contribution is 2.43. The van der Waals surface area contributed by atoms with Gasteiger partial charge in [-0.15, -0.1) is 0 Å². The molecule has 1 atom stereocenters. The summed E-state index contributed by atoms with van der Waals surface area (Å²) in [6.45, 7) is 8.93. The van der Waals surface area contributed by atoms with Gasteiger partial charge in [0.15, 0.2) is 0 Å². The molecule has 66 valence electrons. The zero-order valence-electron chi connectivity index (χ0n) is 8.28. The van der Waals surface area contributed by atoms with E-state index in [0.29, 0.717) is 0 Å². The van der Waals surface area contributed by atoms with Crippen LogP contribution >= 0.6 is 0 Å². The lowest BCUT2D eigenvalue weighted by atomic mass is 9.61. The predicted octanol–water partition coefficient (Wildman–Crippen LogP) is 2.55. The van der Waals surface area contributed by atoms with Crippen LogP contribution in [-0.2, 0) is 0 Å². The maximum atomic E-state index is 6.30. The summed E-state index contributed by atoms with van der Waals surface area (Å²) in [4.78, 5) is 0. The molecule has 0 heterocycles. The van der Waals surface area contributed by atoms with Gasteiger partial charge in [0.2, 0.25) is 0 Å². The smallest absolute Gasteiger partial charge is 0.0203 e. The van der Waals surface area contributed by atoms with Crippen molar-refractivity contribution in [3.8, 4) is 0 Å². The maximum Gasteiger partial charge on any atom is 0.0203 e. The number of nitrogens with two attached hydrogens (primary N) is 1. The summed E-state index contributed by atoms with van der Waals surface area (Å²) in [7, 11) is 0. The Morgan fingerprint density at radius 1 is 1.09 bits per heavy atom. The molecule has 0 aromatic rings. The summed E-state index contributed by atoms with van der Waals surface area (Å²) >= 11 is 0. The lowest BCUT2D eigenvalue weighted by molar-refractivity contribution is 0.0755. The molecule has 1 unspecified atom stereocenters. The molecule has 1 saturated carbocycles. The number of hydrogen-bond acceptors (Lipinski definition) is 1. The maximum absolute atomic E-state index is 6.30. The highest BCUT2D eigenvalue weighted by Gasteiger charge is 2.42. The Labute approximate surface area is 70.4 Å². The second-order valence-electron chi connectivity index (χ2n) is 5.16. The van der Waals surface area contributed by atoms with E-state index in [4.69, 9.17) is 5.73 Å². The summed E-state index contributed by atoms with van der Waals surface area (Å²) < 4.78 is 0. The Bertz CT molecular complexity index is 137. The molecule has 0 radical (unpaired) electrons. The lowest BCUT2D eigenvalue weighted by Gasteiger charge is -2.48. The van der Waals surface area contributed by atoms with Crippen molar-refractivity contribution in [1.82, 2.24) is 0 Å². The predicted molar refractivity (Wildman–Crippen MR) is 49.4 cm³/mol. The zero-order valence-corrected chi connectivity index (χ0v) is 8.28. The van der Waals surface area contributed by atoms with Gasteiger partial charge in [-0.3, -0.25) is 0 Å². The lowest BCUT2D eigenvalue weighted by Crippen LogP contribution is -2.56. The second-order valence-corrected chi connectivity index (χ2v) is 5.16. The van der Waals surface area contributed by atoms with Gasteiger partial charge in [0, 0.05) is 5.54 Å². The Hall–Kier alpha value is -0.0400. The molecule has 1 heteroatoms. The molecule has 0 aliphatic heterocycles.